The Bertz CT molecular complexity index is 461. The summed E-state index contributed by atoms with van der Waals surface area (Å²) < 4.78 is 5.52. The summed E-state index contributed by atoms with van der Waals surface area (Å²) in [4.78, 5) is 18.2. The number of nitrogens with zero attached hydrogens (tertiary/aromatic N) is 2. The second-order valence-corrected chi connectivity index (χ2v) is 5.61. The lowest BCUT2D eigenvalue weighted by Gasteiger charge is -2.32. The van der Waals surface area contributed by atoms with Crippen molar-refractivity contribution in [3.8, 4) is 0 Å². The van der Waals surface area contributed by atoms with E-state index in [9.17, 15) is 4.79 Å². The van der Waals surface area contributed by atoms with Gasteiger partial charge in [-0.15, -0.1) is 0 Å². The van der Waals surface area contributed by atoms with Crippen molar-refractivity contribution in [2.45, 2.75) is 39.0 Å². The Labute approximate surface area is 125 Å². The van der Waals surface area contributed by atoms with E-state index in [1.165, 1.54) is 0 Å². The van der Waals surface area contributed by atoms with Gasteiger partial charge in [-0.3, -0.25) is 4.79 Å². The van der Waals surface area contributed by atoms with Crippen molar-refractivity contribution in [2.75, 3.05) is 24.6 Å². The van der Waals surface area contributed by atoms with Gasteiger partial charge in [0, 0.05) is 38.3 Å². The van der Waals surface area contributed by atoms with Gasteiger partial charge in [0.05, 0.1) is 12.7 Å². The van der Waals surface area contributed by atoms with Crippen LogP contribution in [0.4, 0.5) is 5.82 Å². The Kier molecular flexibility index (Phi) is 5.52. The first-order valence-corrected chi connectivity index (χ1v) is 7.38. The molecule has 2 unspecified atom stereocenters. The Morgan fingerprint density at radius 1 is 1.62 bits per heavy atom. The molecule has 6 heteroatoms. The smallest absolute Gasteiger partial charge is 0.221 e. The van der Waals surface area contributed by atoms with Crippen LogP contribution in [0.2, 0.25) is 0 Å². The molecule has 0 aliphatic carbocycles. The van der Waals surface area contributed by atoms with Crippen LogP contribution in [0, 0.1) is 0 Å². The highest BCUT2D eigenvalue weighted by atomic mass is 16.5. The molecule has 21 heavy (non-hydrogen) atoms. The molecule has 1 fully saturated rings. The largest absolute Gasteiger partial charge is 0.375 e. The first-order valence-electron chi connectivity index (χ1n) is 7.38. The quantitative estimate of drug-likeness (QED) is 0.833. The minimum absolute atomic E-state index is 0.0314. The van der Waals surface area contributed by atoms with Gasteiger partial charge in [0.1, 0.15) is 5.82 Å². The van der Waals surface area contributed by atoms with E-state index < -0.39 is 0 Å². The van der Waals surface area contributed by atoms with Crippen molar-refractivity contribution >= 4 is 11.7 Å². The van der Waals surface area contributed by atoms with Crippen LogP contribution >= 0.6 is 0 Å². The fourth-order valence-corrected chi connectivity index (χ4v) is 2.30. The van der Waals surface area contributed by atoms with E-state index >= 15 is 0 Å². The molecule has 0 saturated carbocycles. The minimum atomic E-state index is -0.117. The second-order valence-electron chi connectivity index (χ2n) is 5.61. The third-order valence-corrected chi connectivity index (χ3v) is 3.37. The molecule has 2 heterocycles. The summed E-state index contributed by atoms with van der Waals surface area (Å²) in [5, 5.41) is 2.84. The molecule has 0 spiro atoms. The molecule has 2 atom stereocenters. The van der Waals surface area contributed by atoms with Gasteiger partial charge in [-0.05, 0) is 25.5 Å². The van der Waals surface area contributed by atoms with E-state index in [4.69, 9.17) is 10.5 Å². The number of nitrogens with two attached hydrogens (primary N) is 1. The van der Waals surface area contributed by atoms with Crippen molar-refractivity contribution in [3.63, 3.8) is 0 Å². The summed E-state index contributed by atoms with van der Waals surface area (Å²) in [5.41, 5.74) is 6.57. The van der Waals surface area contributed by atoms with Crippen LogP contribution in [0.15, 0.2) is 18.3 Å². The van der Waals surface area contributed by atoms with Gasteiger partial charge in [0.15, 0.2) is 0 Å². The molecule has 1 aromatic heterocycles. The van der Waals surface area contributed by atoms with Crippen LogP contribution in [0.5, 0.6) is 0 Å². The van der Waals surface area contributed by atoms with Gasteiger partial charge < -0.3 is 20.7 Å². The van der Waals surface area contributed by atoms with Gasteiger partial charge in [-0.2, -0.15) is 0 Å². The fourth-order valence-electron chi connectivity index (χ4n) is 2.30. The number of hydrogen-bond acceptors (Lipinski definition) is 5. The maximum Gasteiger partial charge on any atom is 0.221 e. The third kappa shape index (κ3) is 4.99. The lowest BCUT2D eigenvalue weighted by molar-refractivity contribution is -0.121. The summed E-state index contributed by atoms with van der Waals surface area (Å²) in [6, 6.07) is 3.87. The van der Waals surface area contributed by atoms with Crippen molar-refractivity contribution in [2.24, 2.45) is 5.73 Å². The molecule has 3 N–H and O–H groups in total. The average molecular weight is 292 g/mol. The van der Waals surface area contributed by atoms with Crippen LogP contribution in [0.3, 0.4) is 0 Å². The van der Waals surface area contributed by atoms with Crippen molar-refractivity contribution in [3.05, 3.63) is 23.9 Å². The Morgan fingerprint density at radius 3 is 3.05 bits per heavy atom. The highest BCUT2D eigenvalue weighted by Crippen LogP contribution is 2.15. The van der Waals surface area contributed by atoms with E-state index in [2.05, 4.69) is 22.1 Å². The number of morpholine rings is 1. The summed E-state index contributed by atoms with van der Waals surface area (Å²) in [7, 11) is 0. The number of amides is 1. The number of hydrogen-bond donors (Lipinski definition) is 2. The van der Waals surface area contributed by atoms with E-state index in [1.807, 2.05) is 25.3 Å². The number of ether oxygens (including phenoxy) is 1. The highest BCUT2D eigenvalue weighted by Gasteiger charge is 2.17. The number of carbonyl (C=O) groups excluding carboxylic acids is 1. The van der Waals surface area contributed by atoms with Crippen LogP contribution in [-0.2, 0) is 16.1 Å². The molecule has 6 nitrogen and oxygen atoms in total. The monoisotopic (exact) mass is 292 g/mol. The van der Waals surface area contributed by atoms with Crippen molar-refractivity contribution in [1.29, 1.82) is 0 Å². The number of aromatic nitrogens is 1. The standard InChI is InChI=1S/C15H24N4O2/c1-11(16)7-15(20)18-9-13-3-4-14(17-8-13)19-5-6-21-12(2)10-19/h3-4,8,11-12H,5-7,9-10,16H2,1-2H3,(H,18,20). The van der Waals surface area contributed by atoms with Gasteiger partial charge in [-0.1, -0.05) is 6.07 Å². The predicted octanol–water partition coefficient (Wildman–Crippen LogP) is 0.660. The van der Waals surface area contributed by atoms with Crippen LogP contribution in [0.25, 0.3) is 0 Å². The molecule has 0 radical (unpaired) electrons. The molecule has 0 bridgehead atoms. The summed E-state index contributed by atoms with van der Waals surface area (Å²) in [6.45, 7) is 6.82. The SMILES string of the molecule is CC(N)CC(=O)NCc1ccc(N2CCOC(C)C2)nc1. The van der Waals surface area contributed by atoms with E-state index in [0.29, 0.717) is 13.0 Å². The number of pyridine rings is 1. The fraction of sp³-hybridized carbons (Fsp3) is 0.600. The maximum atomic E-state index is 11.5. The first-order chi connectivity index (χ1) is 10.0. The zero-order valence-electron chi connectivity index (χ0n) is 12.7. The summed E-state index contributed by atoms with van der Waals surface area (Å²) in [5.74, 6) is 0.923. The van der Waals surface area contributed by atoms with Gasteiger partial charge in [-0.25, -0.2) is 4.98 Å². The van der Waals surface area contributed by atoms with Crippen molar-refractivity contribution < 1.29 is 9.53 Å². The van der Waals surface area contributed by atoms with Gasteiger partial charge in [0.25, 0.3) is 0 Å². The molecule has 1 aromatic rings. The zero-order chi connectivity index (χ0) is 15.2. The lowest BCUT2D eigenvalue weighted by atomic mass is 10.2. The summed E-state index contributed by atoms with van der Waals surface area (Å²) in [6.07, 6.45) is 2.39. The summed E-state index contributed by atoms with van der Waals surface area (Å²) >= 11 is 0. The van der Waals surface area contributed by atoms with Crippen molar-refractivity contribution in [1.82, 2.24) is 10.3 Å². The maximum absolute atomic E-state index is 11.5. The molecular weight excluding hydrogens is 268 g/mol. The van der Waals surface area contributed by atoms with Gasteiger partial charge >= 0.3 is 0 Å². The highest BCUT2D eigenvalue weighted by molar-refractivity contribution is 5.76. The first kappa shape index (κ1) is 15.7. The second kappa shape index (κ2) is 7.38. The molecule has 1 saturated heterocycles. The van der Waals surface area contributed by atoms with Gasteiger partial charge in [0.2, 0.25) is 5.91 Å². The number of nitrogens with one attached hydrogen (secondary N) is 1. The van der Waals surface area contributed by atoms with E-state index in [1.54, 1.807) is 0 Å². The normalized spacial score (nSPS) is 20.1. The Balaban J connectivity index is 1.85. The average Bonchev–Trinajstić information content (AvgIpc) is 2.45. The predicted molar refractivity (Wildman–Crippen MR) is 82.0 cm³/mol. The van der Waals surface area contributed by atoms with Crippen LogP contribution in [-0.4, -0.2) is 42.7 Å². The minimum Gasteiger partial charge on any atom is -0.375 e. The zero-order valence-corrected chi connectivity index (χ0v) is 12.7. The molecule has 1 amide bonds. The van der Waals surface area contributed by atoms with Crippen LogP contribution in [0.1, 0.15) is 25.8 Å². The Morgan fingerprint density at radius 2 is 2.43 bits per heavy atom. The van der Waals surface area contributed by atoms with Crippen LogP contribution < -0.4 is 16.0 Å². The molecule has 1 aliphatic heterocycles. The molecule has 116 valence electrons. The Hall–Kier alpha value is -1.66. The molecule has 1 aliphatic rings. The molecule has 2 rings (SSSR count). The molecular formula is C15H24N4O2. The number of rotatable bonds is 5. The lowest BCUT2D eigenvalue weighted by Crippen LogP contribution is -2.41. The number of anilines is 1. The molecule has 0 aromatic carbocycles. The van der Waals surface area contributed by atoms with E-state index in [-0.39, 0.29) is 18.1 Å². The number of carbonyl (C=O) groups is 1. The third-order valence-electron chi connectivity index (χ3n) is 3.37. The topological polar surface area (TPSA) is 80.5 Å². The van der Waals surface area contributed by atoms with E-state index in [0.717, 1.165) is 31.1 Å².